The maximum Gasteiger partial charge on any atom is 0.220 e. The first-order chi connectivity index (χ1) is 9.04. The molecular formula is C14H25N3OS. The van der Waals surface area contributed by atoms with Crippen LogP contribution in [0.25, 0.3) is 0 Å². The topological polar surface area (TPSA) is 58.4 Å². The van der Waals surface area contributed by atoms with Crippen LogP contribution in [0.5, 0.6) is 0 Å². The molecule has 1 aromatic heterocycles. The Bertz CT molecular complexity index is 365. The Balaban J connectivity index is 2.38. The fourth-order valence-electron chi connectivity index (χ4n) is 1.81. The van der Waals surface area contributed by atoms with Crippen LogP contribution in [0, 0.1) is 5.92 Å². The Labute approximate surface area is 120 Å². The average Bonchev–Trinajstić information content (AvgIpc) is 2.89. The molecule has 0 saturated heterocycles. The first kappa shape index (κ1) is 16.1. The van der Waals surface area contributed by atoms with Gasteiger partial charge in [0.15, 0.2) is 0 Å². The zero-order valence-corrected chi connectivity index (χ0v) is 12.9. The lowest BCUT2D eigenvalue weighted by atomic mass is 10.1. The monoisotopic (exact) mass is 283 g/mol. The molecule has 5 heteroatoms. The number of nitrogens with zero attached hydrogens (tertiary/aromatic N) is 1. The molecule has 0 aromatic carbocycles. The number of nitrogens with one attached hydrogen (secondary N) is 1. The van der Waals surface area contributed by atoms with Crippen LogP contribution in [-0.4, -0.2) is 38.0 Å². The molecule has 108 valence electrons. The lowest BCUT2D eigenvalue weighted by molar-refractivity contribution is -0.121. The van der Waals surface area contributed by atoms with Crippen molar-refractivity contribution in [1.29, 1.82) is 0 Å². The third-order valence-electron chi connectivity index (χ3n) is 3.25. The van der Waals surface area contributed by atoms with Crippen molar-refractivity contribution >= 4 is 17.2 Å². The number of amides is 1. The highest BCUT2D eigenvalue weighted by Gasteiger charge is 2.16. The van der Waals surface area contributed by atoms with Crippen molar-refractivity contribution in [3.63, 3.8) is 0 Å². The number of nitrogens with two attached hydrogens (primary N) is 1. The van der Waals surface area contributed by atoms with Gasteiger partial charge < -0.3 is 16.0 Å². The zero-order chi connectivity index (χ0) is 14.3. The van der Waals surface area contributed by atoms with E-state index in [9.17, 15) is 4.79 Å². The fraction of sp³-hybridized carbons (Fsp3) is 0.643. The molecule has 0 spiro atoms. The molecule has 2 atom stereocenters. The Morgan fingerprint density at radius 1 is 1.53 bits per heavy atom. The standard InChI is InChI=1S/C14H25N3OS/c1-11(9-15)6-7-14(18)16-10-12(17(2)3)13-5-4-8-19-13/h4-5,8,11-12H,6-7,9-10,15H2,1-3H3,(H,16,18). The molecule has 0 aliphatic heterocycles. The van der Waals surface area contributed by atoms with E-state index >= 15 is 0 Å². The van der Waals surface area contributed by atoms with Gasteiger partial charge in [0.2, 0.25) is 5.91 Å². The van der Waals surface area contributed by atoms with Crippen LogP contribution < -0.4 is 11.1 Å². The van der Waals surface area contributed by atoms with Crippen molar-refractivity contribution in [2.75, 3.05) is 27.2 Å². The van der Waals surface area contributed by atoms with Crippen LogP contribution in [0.4, 0.5) is 0 Å². The summed E-state index contributed by atoms with van der Waals surface area (Å²) in [7, 11) is 4.07. The molecule has 1 aromatic rings. The SMILES string of the molecule is CC(CN)CCC(=O)NCC(c1cccs1)N(C)C. The largest absolute Gasteiger partial charge is 0.354 e. The van der Waals surface area contributed by atoms with E-state index in [2.05, 4.69) is 28.6 Å². The molecule has 0 radical (unpaired) electrons. The van der Waals surface area contributed by atoms with E-state index in [4.69, 9.17) is 5.73 Å². The van der Waals surface area contributed by atoms with Crippen molar-refractivity contribution < 1.29 is 4.79 Å². The van der Waals surface area contributed by atoms with E-state index in [0.717, 1.165) is 6.42 Å². The Morgan fingerprint density at radius 2 is 2.26 bits per heavy atom. The second-order valence-electron chi connectivity index (χ2n) is 5.18. The number of carbonyl (C=O) groups is 1. The van der Waals surface area contributed by atoms with E-state index in [1.807, 2.05) is 20.2 Å². The van der Waals surface area contributed by atoms with Gasteiger partial charge >= 0.3 is 0 Å². The van der Waals surface area contributed by atoms with Gasteiger partial charge in [-0.05, 0) is 44.4 Å². The Kier molecular flexibility index (Phi) is 7.05. The van der Waals surface area contributed by atoms with Crippen LogP contribution in [-0.2, 0) is 4.79 Å². The molecule has 0 bridgehead atoms. The predicted octanol–water partition coefficient (Wildman–Crippen LogP) is 1.84. The minimum absolute atomic E-state index is 0.115. The number of thiophene rings is 1. The molecule has 0 aliphatic rings. The number of carbonyl (C=O) groups excluding carboxylic acids is 1. The van der Waals surface area contributed by atoms with Gasteiger partial charge in [-0.15, -0.1) is 11.3 Å². The van der Waals surface area contributed by atoms with E-state index in [1.165, 1.54) is 4.88 Å². The third-order valence-corrected chi connectivity index (χ3v) is 4.23. The summed E-state index contributed by atoms with van der Waals surface area (Å²) in [5, 5.41) is 5.08. The van der Waals surface area contributed by atoms with Gasteiger partial charge in [0.1, 0.15) is 0 Å². The van der Waals surface area contributed by atoms with Crippen molar-refractivity contribution in [1.82, 2.24) is 10.2 Å². The maximum atomic E-state index is 11.8. The molecule has 1 amide bonds. The molecule has 2 unspecified atom stereocenters. The molecule has 0 saturated carbocycles. The summed E-state index contributed by atoms with van der Waals surface area (Å²) < 4.78 is 0. The first-order valence-corrected chi connectivity index (χ1v) is 7.59. The van der Waals surface area contributed by atoms with Crippen LogP contribution >= 0.6 is 11.3 Å². The van der Waals surface area contributed by atoms with E-state index in [1.54, 1.807) is 11.3 Å². The molecule has 0 aliphatic carbocycles. The van der Waals surface area contributed by atoms with Crippen molar-refractivity contribution in [3.8, 4) is 0 Å². The summed E-state index contributed by atoms with van der Waals surface area (Å²) in [5.41, 5.74) is 5.55. The molecule has 1 heterocycles. The van der Waals surface area contributed by atoms with Gasteiger partial charge in [-0.25, -0.2) is 0 Å². The number of likely N-dealkylation sites (N-methyl/N-ethyl adjacent to an activating group) is 1. The predicted molar refractivity (Wildman–Crippen MR) is 81.2 cm³/mol. The highest BCUT2D eigenvalue weighted by Crippen LogP contribution is 2.22. The molecular weight excluding hydrogens is 258 g/mol. The third kappa shape index (κ3) is 5.72. The second kappa shape index (κ2) is 8.30. The van der Waals surface area contributed by atoms with Crippen molar-refractivity contribution in [3.05, 3.63) is 22.4 Å². The lowest BCUT2D eigenvalue weighted by Crippen LogP contribution is -2.34. The van der Waals surface area contributed by atoms with E-state index in [0.29, 0.717) is 25.4 Å². The van der Waals surface area contributed by atoms with Crippen LogP contribution in [0.1, 0.15) is 30.7 Å². The van der Waals surface area contributed by atoms with Crippen molar-refractivity contribution in [2.45, 2.75) is 25.8 Å². The fourth-order valence-corrected chi connectivity index (χ4v) is 2.74. The second-order valence-corrected chi connectivity index (χ2v) is 6.16. The van der Waals surface area contributed by atoms with Gasteiger partial charge in [-0.1, -0.05) is 13.0 Å². The lowest BCUT2D eigenvalue weighted by Gasteiger charge is -2.23. The summed E-state index contributed by atoms with van der Waals surface area (Å²) in [5.74, 6) is 0.524. The van der Waals surface area contributed by atoms with Gasteiger partial charge in [0.25, 0.3) is 0 Å². The first-order valence-electron chi connectivity index (χ1n) is 6.71. The summed E-state index contributed by atoms with van der Waals surface area (Å²) in [6, 6.07) is 4.40. The highest BCUT2D eigenvalue weighted by molar-refractivity contribution is 7.10. The van der Waals surface area contributed by atoms with Gasteiger partial charge in [0, 0.05) is 17.8 Å². The van der Waals surface area contributed by atoms with Crippen LogP contribution in [0.2, 0.25) is 0 Å². The summed E-state index contributed by atoms with van der Waals surface area (Å²) >= 11 is 1.72. The summed E-state index contributed by atoms with van der Waals surface area (Å²) in [6.45, 7) is 3.37. The maximum absolute atomic E-state index is 11.8. The van der Waals surface area contributed by atoms with Gasteiger partial charge in [0.05, 0.1) is 6.04 Å². The summed E-state index contributed by atoms with van der Waals surface area (Å²) in [4.78, 5) is 15.2. The van der Waals surface area contributed by atoms with Gasteiger partial charge in [-0.2, -0.15) is 0 Å². The number of hydrogen-bond acceptors (Lipinski definition) is 4. The molecule has 3 N–H and O–H groups in total. The normalized spacial score (nSPS) is 14.4. The molecule has 1 rings (SSSR count). The van der Waals surface area contributed by atoms with E-state index < -0.39 is 0 Å². The minimum Gasteiger partial charge on any atom is -0.354 e. The van der Waals surface area contributed by atoms with Crippen LogP contribution in [0.3, 0.4) is 0 Å². The zero-order valence-electron chi connectivity index (χ0n) is 12.1. The number of hydrogen-bond donors (Lipinski definition) is 2. The molecule has 19 heavy (non-hydrogen) atoms. The molecule has 4 nitrogen and oxygen atoms in total. The summed E-state index contributed by atoms with van der Waals surface area (Å²) in [6.07, 6.45) is 1.41. The molecule has 0 fully saturated rings. The highest BCUT2D eigenvalue weighted by atomic mass is 32.1. The van der Waals surface area contributed by atoms with Crippen molar-refractivity contribution in [2.24, 2.45) is 11.7 Å². The van der Waals surface area contributed by atoms with Crippen LogP contribution in [0.15, 0.2) is 17.5 Å². The van der Waals surface area contributed by atoms with Gasteiger partial charge in [-0.3, -0.25) is 4.79 Å². The number of rotatable bonds is 8. The smallest absolute Gasteiger partial charge is 0.220 e. The minimum atomic E-state index is 0.115. The Hall–Kier alpha value is -0.910. The average molecular weight is 283 g/mol. The van der Waals surface area contributed by atoms with E-state index in [-0.39, 0.29) is 11.9 Å². The Morgan fingerprint density at radius 3 is 2.79 bits per heavy atom. The quantitative estimate of drug-likeness (QED) is 0.765.